The molecular weight excluding hydrogens is 262 g/mol. The number of likely N-dealkylation sites (tertiary alicyclic amines) is 1. The van der Waals surface area contributed by atoms with E-state index in [1.54, 1.807) is 16.2 Å². The molecule has 1 aromatic rings. The first-order valence-corrected chi connectivity index (χ1v) is 7.23. The maximum atomic E-state index is 12.1. The number of rotatable bonds is 2. The van der Waals surface area contributed by atoms with Gasteiger partial charge in [0.05, 0.1) is 11.6 Å². The molecule has 0 aromatic carbocycles. The Morgan fingerprint density at radius 3 is 3.26 bits per heavy atom. The average molecular weight is 277 g/mol. The van der Waals surface area contributed by atoms with Crippen molar-refractivity contribution in [2.24, 2.45) is 5.92 Å². The van der Waals surface area contributed by atoms with E-state index in [9.17, 15) is 4.79 Å². The molecule has 3 rings (SSSR count). The SMILES string of the molecule is N#CN1CC[C@H](C(=O)Nc2nc3c(s2)CNCC3)C1. The minimum absolute atomic E-state index is 0.0168. The Morgan fingerprint density at radius 1 is 1.63 bits per heavy atom. The van der Waals surface area contributed by atoms with Crippen molar-refractivity contribution >= 4 is 22.4 Å². The molecule has 0 bridgehead atoms. The molecule has 100 valence electrons. The first kappa shape index (κ1) is 12.4. The predicted molar refractivity (Wildman–Crippen MR) is 71.4 cm³/mol. The van der Waals surface area contributed by atoms with Gasteiger partial charge in [0.15, 0.2) is 11.3 Å². The summed E-state index contributed by atoms with van der Waals surface area (Å²) < 4.78 is 0. The quantitative estimate of drug-likeness (QED) is 0.771. The van der Waals surface area contributed by atoms with Gasteiger partial charge in [0.2, 0.25) is 5.91 Å². The minimum Gasteiger partial charge on any atom is -0.311 e. The second-order valence-corrected chi connectivity index (χ2v) is 5.92. The lowest BCUT2D eigenvalue weighted by Gasteiger charge is -2.09. The van der Waals surface area contributed by atoms with E-state index in [-0.39, 0.29) is 11.8 Å². The van der Waals surface area contributed by atoms with E-state index in [4.69, 9.17) is 5.26 Å². The van der Waals surface area contributed by atoms with Crippen molar-refractivity contribution < 1.29 is 4.79 Å². The molecule has 0 aliphatic carbocycles. The Bertz CT molecular complexity index is 511. The number of hydrogen-bond donors (Lipinski definition) is 2. The van der Waals surface area contributed by atoms with E-state index in [1.165, 1.54) is 4.88 Å². The van der Waals surface area contributed by atoms with Gasteiger partial charge in [-0.05, 0) is 6.42 Å². The van der Waals surface area contributed by atoms with Crippen LogP contribution in [0.1, 0.15) is 17.0 Å². The Hall–Kier alpha value is -1.65. The van der Waals surface area contributed by atoms with E-state index in [1.807, 2.05) is 0 Å². The van der Waals surface area contributed by atoms with Crippen LogP contribution in [0.3, 0.4) is 0 Å². The lowest BCUT2D eigenvalue weighted by Crippen LogP contribution is -2.25. The number of nitrogens with one attached hydrogen (secondary N) is 2. The Morgan fingerprint density at radius 2 is 2.53 bits per heavy atom. The number of nitriles is 1. The molecule has 0 saturated carbocycles. The van der Waals surface area contributed by atoms with Gasteiger partial charge in [0.25, 0.3) is 0 Å². The van der Waals surface area contributed by atoms with Crippen LogP contribution in [0.2, 0.25) is 0 Å². The lowest BCUT2D eigenvalue weighted by atomic mass is 10.1. The summed E-state index contributed by atoms with van der Waals surface area (Å²) in [6.07, 6.45) is 3.75. The molecule has 7 heteroatoms. The van der Waals surface area contributed by atoms with Crippen LogP contribution in [0.5, 0.6) is 0 Å². The van der Waals surface area contributed by atoms with E-state index in [0.717, 1.165) is 31.6 Å². The number of hydrogen-bond acceptors (Lipinski definition) is 6. The highest BCUT2D eigenvalue weighted by molar-refractivity contribution is 7.15. The summed E-state index contributed by atoms with van der Waals surface area (Å²) in [5, 5.41) is 15.7. The highest BCUT2D eigenvalue weighted by Crippen LogP contribution is 2.26. The van der Waals surface area contributed by atoms with Gasteiger partial charge < -0.3 is 15.5 Å². The Labute approximate surface area is 115 Å². The molecule has 2 aliphatic rings. The maximum Gasteiger partial charge on any atom is 0.231 e. The molecule has 1 aromatic heterocycles. The molecule has 1 fully saturated rings. The van der Waals surface area contributed by atoms with Gasteiger partial charge in [-0.2, -0.15) is 5.26 Å². The molecule has 6 nitrogen and oxygen atoms in total. The molecule has 3 heterocycles. The summed E-state index contributed by atoms with van der Waals surface area (Å²) >= 11 is 1.54. The summed E-state index contributed by atoms with van der Waals surface area (Å²) in [7, 11) is 0. The normalized spacial score (nSPS) is 21.8. The van der Waals surface area contributed by atoms with Crippen molar-refractivity contribution in [3.63, 3.8) is 0 Å². The van der Waals surface area contributed by atoms with Crippen LogP contribution >= 0.6 is 11.3 Å². The van der Waals surface area contributed by atoms with Gasteiger partial charge in [-0.15, -0.1) is 11.3 Å². The van der Waals surface area contributed by atoms with Gasteiger partial charge in [0.1, 0.15) is 0 Å². The van der Waals surface area contributed by atoms with Gasteiger partial charge in [-0.25, -0.2) is 4.98 Å². The molecule has 2 aliphatic heterocycles. The van der Waals surface area contributed by atoms with Crippen LogP contribution in [0.15, 0.2) is 0 Å². The van der Waals surface area contributed by atoms with Crippen molar-refractivity contribution in [1.29, 1.82) is 5.26 Å². The van der Waals surface area contributed by atoms with Crippen LogP contribution in [-0.2, 0) is 17.8 Å². The third-order valence-electron chi connectivity index (χ3n) is 3.53. The predicted octanol–water partition coefficient (Wildman–Crippen LogP) is 0.530. The molecule has 19 heavy (non-hydrogen) atoms. The lowest BCUT2D eigenvalue weighted by molar-refractivity contribution is -0.119. The number of thiazole rings is 1. The maximum absolute atomic E-state index is 12.1. The smallest absolute Gasteiger partial charge is 0.231 e. The highest BCUT2D eigenvalue weighted by Gasteiger charge is 2.28. The number of amides is 1. The Balaban J connectivity index is 1.64. The summed E-state index contributed by atoms with van der Waals surface area (Å²) in [5.41, 5.74) is 1.10. The zero-order chi connectivity index (χ0) is 13.2. The first-order valence-electron chi connectivity index (χ1n) is 6.41. The molecule has 1 amide bonds. The zero-order valence-electron chi connectivity index (χ0n) is 10.5. The fourth-order valence-corrected chi connectivity index (χ4v) is 3.43. The van der Waals surface area contributed by atoms with Gasteiger partial charge in [0, 0.05) is 37.5 Å². The number of carbonyl (C=O) groups excluding carboxylic acids is 1. The van der Waals surface area contributed by atoms with Crippen LogP contribution in [0.25, 0.3) is 0 Å². The third kappa shape index (κ3) is 2.55. The molecule has 1 atom stereocenters. The summed E-state index contributed by atoms with van der Waals surface area (Å²) in [5.74, 6) is -0.115. The summed E-state index contributed by atoms with van der Waals surface area (Å²) in [6, 6.07) is 0. The first-order chi connectivity index (χ1) is 9.26. The standard InChI is InChI=1S/C12H15N5OS/c13-7-17-4-2-8(6-17)11(18)16-12-15-9-1-3-14-5-10(9)19-12/h8,14H,1-6H2,(H,15,16,18)/t8-/m0/s1. The van der Waals surface area contributed by atoms with E-state index in [0.29, 0.717) is 18.2 Å². The zero-order valence-corrected chi connectivity index (χ0v) is 11.3. The number of anilines is 1. The molecular formula is C12H15N5OS. The van der Waals surface area contributed by atoms with Crippen LogP contribution in [0.4, 0.5) is 5.13 Å². The van der Waals surface area contributed by atoms with Crippen molar-refractivity contribution in [3.8, 4) is 6.19 Å². The van der Waals surface area contributed by atoms with E-state index < -0.39 is 0 Å². The van der Waals surface area contributed by atoms with Gasteiger partial charge >= 0.3 is 0 Å². The van der Waals surface area contributed by atoms with Crippen molar-refractivity contribution in [2.45, 2.75) is 19.4 Å². The number of fused-ring (bicyclic) bond motifs is 1. The minimum atomic E-state index is -0.0984. The molecule has 0 unspecified atom stereocenters. The van der Waals surface area contributed by atoms with Crippen LogP contribution in [0, 0.1) is 17.4 Å². The average Bonchev–Trinajstić information content (AvgIpc) is 3.04. The Kier molecular flexibility index (Phi) is 3.36. The second-order valence-electron chi connectivity index (χ2n) is 4.84. The van der Waals surface area contributed by atoms with Gasteiger partial charge in [-0.3, -0.25) is 4.79 Å². The number of aromatic nitrogens is 1. The largest absolute Gasteiger partial charge is 0.311 e. The summed E-state index contributed by atoms with van der Waals surface area (Å²) in [6.45, 7) is 2.99. The molecule has 1 saturated heterocycles. The highest BCUT2D eigenvalue weighted by atomic mass is 32.1. The second kappa shape index (κ2) is 5.15. The van der Waals surface area contributed by atoms with Crippen molar-refractivity contribution in [2.75, 3.05) is 25.0 Å². The fraction of sp³-hybridized carbons (Fsp3) is 0.583. The fourth-order valence-electron chi connectivity index (χ4n) is 2.45. The van der Waals surface area contributed by atoms with Crippen molar-refractivity contribution in [1.82, 2.24) is 15.2 Å². The monoisotopic (exact) mass is 277 g/mol. The van der Waals surface area contributed by atoms with E-state index in [2.05, 4.69) is 21.8 Å². The third-order valence-corrected chi connectivity index (χ3v) is 4.55. The van der Waals surface area contributed by atoms with Crippen LogP contribution in [-0.4, -0.2) is 35.4 Å². The number of nitrogens with zero attached hydrogens (tertiary/aromatic N) is 3. The topological polar surface area (TPSA) is 81.1 Å². The number of carbonyl (C=O) groups is 1. The molecule has 0 radical (unpaired) electrons. The van der Waals surface area contributed by atoms with Crippen molar-refractivity contribution in [3.05, 3.63) is 10.6 Å². The van der Waals surface area contributed by atoms with Crippen LogP contribution < -0.4 is 10.6 Å². The summed E-state index contributed by atoms with van der Waals surface area (Å²) in [4.78, 5) is 19.4. The molecule has 2 N–H and O–H groups in total. The van der Waals surface area contributed by atoms with Gasteiger partial charge in [-0.1, -0.05) is 0 Å². The molecule has 0 spiro atoms. The van der Waals surface area contributed by atoms with E-state index >= 15 is 0 Å².